The molecule has 11 nitrogen and oxygen atoms in total. The zero-order valence-corrected chi connectivity index (χ0v) is 32.3. The molecule has 0 unspecified atom stereocenters. The Hall–Kier alpha value is -5.68. The normalized spacial score (nSPS) is 14.6. The van der Waals surface area contributed by atoms with Crippen LogP contribution in [0.25, 0.3) is 12.2 Å². The van der Waals surface area contributed by atoms with E-state index in [1.165, 1.54) is 0 Å². The first kappa shape index (κ1) is 39.5. The van der Waals surface area contributed by atoms with Crippen LogP contribution in [0.3, 0.4) is 0 Å². The van der Waals surface area contributed by atoms with Gasteiger partial charge in [-0.3, -0.25) is 14.5 Å². The Labute approximate surface area is 318 Å². The third-order valence-corrected chi connectivity index (χ3v) is 9.66. The van der Waals surface area contributed by atoms with Crippen molar-refractivity contribution in [2.24, 2.45) is 0 Å². The Bertz CT molecular complexity index is 1810. The lowest BCUT2D eigenvalue weighted by Gasteiger charge is -2.24. The van der Waals surface area contributed by atoms with Crippen LogP contribution in [-0.4, -0.2) is 102 Å². The van der Waals surface area contributed by atoms with Crippen LogP contribution in [0.4, 0.5) is 0 Å². The van der Waals surface area contributed by atoms with Crippen molar-refractivity contribution in [3.8, 4) is 34.5 Å². The van der Waals surface area contributed by atoms with Gasteiger partial charge < -0.3 is 38.2 Å². The van der Waals surface area contributed by atoms with Crippen LogP contribution in [0.15, 0.2) is 79.2 Å². The molecule has 0 aliphatic carbocycles. The van der Waals surface area contributed by atoms with Crippen molar-refractivity contribution in [1.29, 1.82) is 0 Å². The van der Waals surface area contributed by atoms with Crippen LogP contribution in [0.2, 0.25) is 0 Å². The second-order valence-corrected chi connectivity index (χ2v) is 13.1. The minimum atomic E-state index is 0.00205. The Morgan fingerprint density at radius 2 is 1.02 bits per heavy atom. The smallest absolute Gasteiger partial charge is 0.231 e. The molecule has 0 spiro atoms. The van der Waals surface area contributed by atoms with E-state index >= 15 is 0 Å². The molecular weight excluding hydrogens is 686 g/mol. The summed E-state index contributed by atoms with van der Waals surface area (Å²) in [5.41, 5.74) is 4.77. The van der Waals surface area contributed by atoms with E-state index in [0.717, 1.165) is 34.4 Å². The monoisotopic (exact) mass is 737 g/mol. The van der Waals surface area contributed by atoms with E-state index in [4.69, 9.17) is 28.4 Å². The number of ether oxygens (including phenoxy) is 6. The molecule has 11 heteroatoms. The van der Waals surface area contributed by atoms with Gasteiger partial charge >= 0.3 is 0 Å². The Kier molecular flexibility index (Phi) is 13.8. The maximum absolute atomic E-state index is 13.2. The summed E-state index contributed by atoms with van der Waals surface area (Å²) < 4.78 is 32.8. The zero-order valence-electron chi connectivity index (χ0n) is 32.3. The standard InChI is InChI=1S/C43H51N3O8/c1-30(31-12-13-36(49-2)37(22-31)50-3)29-44(16-8-10-18-45-20-14-32-23-38(51-4)40(53-6)25-34(32)27-42(45)47)17-9-11-19-46-21-15-33-24-39(52-5)41(54-7)26-35(33)28-43(46)48/h8-15,20-26,30H,16-19,27-29H2,1-7H3/b10-8+,11-9+/t30-/m0/s1. The van der Waals surface area contributed by atoms with Crippen molar-refractivity contribution in [2.75, 3.05) is 75.4 Å². The van der Waals surface area contributed by atoms with E-state index in [0.29, 0.717) is 60.7 Å². The van der Waals surface area contributed by atoms with Crippen LogP contribution < -0.4 is 28.4 Å². The van der Waals surface area contributed by atoms with Crippen molar-refractivity contribution >= 4 is 24.0 Å². The van der Waals surface area contributed by atoms with Gasteiger partial charge in [0.25, 0.3) is 0 Å². The minimum absolute atomic E-state index is 0.00205. The predicted octanol–water partition coefficient (Wildman–Crippen LogP) is 6.37. The van der Waals surface area contributed by atoms with Crippen molar-refractivity contribution < 1.29 is 38.0 Å². The Morgan fingerprint density at radius 1 is 0.593 bits per heavy atom. The summed E-state index contributed by atoms with van der Waals surface area (Å²) >= 11 is 0. The van der Waals surface area contributed by atoms with E-state index in [9.17, 15) is 9.59 Å². The first-order chi connectivity index (χ1) is 26.2. The summed E-state index contributed by atoms with van der Waals surface area (Å²) in [6, 6.07) is 13.6. The molecule has 2 aliphatic heterocycles. The number of nitrogens with zero attached hydrogens (tertiary/aromatic N) is 3. The Morgan fingerprint density at radius 3 is 1.46 bits per heavy atom. The molecule has 2 amide bonds. The van der Waals surface area contributed by atoms with Gasteiger partial charge in [-0.15, -0.1) is 0 Å². The van der Waals surface area contributed by atoms with Crippen molar-refractivity contribution in [1.82, 2.24) is 14.7 Å². The van der Waals surface area contributed by atoms with Crippen LogP contribution >= 0.6 is 0 Å². The number of amides is 2. The first-order valence-corrected chi connectivity index (χ1v) is 17.9. The lowest BCUT2D eigenvalue weighted by molar-refractivity contribution is -0.128. The molecule has 0 aromatic heterocycles. The third kappa shape index (κ3) is 9.64. The maximum atomic E-state index is 13.2. The molecule has 0 saturated carbocycles. The number of hydrogen-bond donors (Lipinski definition) is 0. The molecule has 5 rings (SSSR count). The van der Waals surface area contributed by atoms with Gasteiger partial charge in [0.2, 0.25) is 11.8 Å². The van der Waals surface area contributed by atoms with Gasteiger partial charge in [-0.1, -0.05) is 37.3 Å². The topological polar surface area (TPSA) is 99.2 Å². The molecule has 0 radical (unpaired) electrons. The highest BCUT2D eigenvalue weighted by molar-refractivity contribution is 5.85. The summed E-state index contributed by atoms with van der Waals surface area (Å²) in [5.74, 6) is 4.01. The fraction of sp³-hybridized carbons (Fsp3) is 0.349. The van der Waals surface area contributed by atoms with E-state index in [1.54, 1.807) is 52.5 Å². The quantitative estimate of drug-likeness (QED) is 0.147. The lowest BCUT2D eigenvalue weighted by atomic mass is 10.00. The molecule has 0 bridgehead atoms. The minimum Gasteiger partial charge on any atom is -0.493 e. The first-order valence-electron chi connectivity index (χ1n) is 17.9. The number of carbonyl (C=O) groups is 2. The zero-order chi connectivity index (χ0) is 38.6. The summed E-state index contributed by atoms with van der Waals surface area (Å²) in [6.45, 7) is 5.14. The van der Waals surface area contributed by atoms with Crippen LogP contribution in [0, 0.1) is 0 Å². The number of fused-ring (bicyclic) bond motifs is 2. The van der Waals surface area contributed by atoms with Crippen LogP contribution in [0.1, 0.15) is 40.7 Å². The van der Waals surface area contributed by atoms with E-state index in [1.807, 2.05) is 73.1 Å². The summed E-state index contributed by atoms with van der Waals surface area (Å²) in [5, 5.41) is 0. The fourth-order valence-electron chi connectivity index (χ4n) is 6.55. The summed E-state index contributed by atoms with van der Waals surface area (Å²) in [6.07, 6.45) is 16.3. The summed E-state index contributed by atoms with van der Waals surface area (Å²) in [7, 11) is 9.65. The van der Waals surface area contributed by atoms with Crippen molar-refractivity contribution in [2.45, 2.75) is 25.7 Å². The fourth-order valence-corrected chi connectivity index (χ4v) is 6.55. The van der Waals surface area contributed by atoms with Gasteiger partial charge in [0, 0.05) is 45.1 Å². The van der Waals surface area contributed by atoms with Gasteiger partial charge in [0.1, 0.15) is 0 Å². The predicted molar refractivity (Wildman–Crippen MR) is 211 cm³/mol. The van der Waals surface area contributed by atoms with Gasteiger partial charge in [-0.25, -0.2) is 0 Å². The second kappa shape index (κ2) is 18.9. The molecule has 3 aromatic carbocycles. The maximum Gasteiger partial charge on any atom is 0.231 e. The highest BCUT2D eigenvalue weighted by Crippen LogP contribution is 2.34. The Balaban J connectivity index is 1.25. The number of carbonyl (C=O) groups excluding carboxylic acids is 2. The van der Waals surface area contributed by atoms with Crippen LogP contribution in [0.5, 0.6) is 34.5 Å². The molecule has 286 valence electrons. The molecule has 0 N–H and O–H groups in total. The SMILES string of the molecule is COc1ccc([C@@H](C)CN(C/C=C/CN2C=Cc3cc(OC)c(OC)cc3CC2=O)C/C=C/CN2C=Cc3cc(OC)c(OC)cc3CC2=O)cc1OC. The van der Waals surface area contributed by atoms with E-state index < -0.39 is 0 Å². The lowest BCUT2D eigenvalue weighted by Crippen LogP contribution is -2.30. The molecule has 1 atom stereocenters. The number of methoxy groups -OCH3 is 6. The number of hydrogen-bond acceptors (Lipinski definition) is 9. The molecule has 0 fully saturated rings. The molecule has 54 heavy (non-hydrogen) atoms. The molecule has 2 aliphatic rings. The van der Waals surface area contributed by atoms with Crippen molar-refractivity contribution in [3.63, 3.8) is 0 Å². The van der Waals surface area contributed by atoms with Crippen LogP contribution in [-0.2, 0) is 22.4 Å². The highest BCUT2D eigenvalue weighted by atomic mass is 16.5. The molecule has 2 heterocycles. The molecule has 0 saturated heterocycles. The highest BCUT2D eigenvalue weighted by Gasteiger charge is 2.21. The average molecular weight is 738 g/mol. The third-order valence-electron chi connectivity index (χ3n) is 9.66. The van der Waals surface area contributed by atoms with Gasteiger partial charge in [0.15, 0.2) is 34.5 Å². The van der Waals surface area contributed by atoms with E-state index in [2.05, 4.69) is 30.0 Å². The average Bonchev–Trinajstić information content (AvgIpc) is 3.44. The summed E-state index contributed by atoms with van der Waals surface area (Å²) in [4.78, 5) is 32.2. The van der Waals surface area contributed by atoms with Crippen molar-refractivity contribution in [3.05, 3.63) is 107 Å². The second-order valence-electron chi connectivity index (χ2n) is 13.1. The van der Waals surface area contributed by atoms with Gasteiger partial charge in [0.05, 0.1) is 55.5 Å². The largest absolute Gasteiger partial charge is 0.493 e. The van der Waals surface area contributed by atoms with E-state index in [-0.39, 0.29) is 30.6 Å². The number of rotatable bonds is 17. The van der Waals surface area contributed by atoms with Gasteiger partial charge in [-0.05, 0) is 82.3 Å². The molecule has 3 aromatic rings. The number of benzene rings is 3. The molecular formula is C43H51N3O8. The van der Waals surface area contributed by atoms with Gasteiger partial charge in [-0.2, -0.15) is 0 Å².